The number of ether oxygens (including phenoxy) is 1. The zero-order chi connectivity index (χ0) is 17.1. The fraction of sp³-hybridized carbons (Fsp3) is 0.250. The van der Waals surface area contributed by atoms with E-state index in [1.807, 2.05) is 12.1 Å². The maximum atomic E-state index is 11.9. The van der Waals surface area contributed by atoms with Gasteiger partial charge in [-0.1, -0.05) is 24.3 Å². The van der Waals surface area contributed by atoms with Gasteiger partial charge in [0, 0.05) is 28.6 Å². The second kappa shape index (κ2) is 6.89. The van der Waals surface area contributed by atoms with Gasteiger partial charge in [0.2, 0.25) is 0 Å². The standard InChI is InChI=1S/C20H21NO3/c1-14-6-4-5-7-15(14)12-21(2)13-16-10-20(22)24-19-11-17(23-3)8-9-18(16)19/h4-11H,12-13H2,1-3H3/p+1. The predicted molar refractivity (Wildman–Crippen MR) is 94.5 cm³/mol. The molecular formula is C20H22NO3+. The summed E-state index contributed by atoms with van der Waals surface area (Å²) < 4.78 is 10.5. The number of hydrogen-bond acceptors (Lipinski definition) is 3. The molecule has 0 aliphatic carbocycles. The number of fused-ring (bicyclic) bond motifs is 1. The minimum Gasteiger partial charge on any atom is -0.497 e. The number of benzene rings is 2. The van der Waals surface area contributed by atoms with Crippen molar-refractivity contribution in [1.82, 2.24) is 0 Å². The van der Waals surface area contributed by atoms with E-state index < -0.39 is 0 Å². The third-order valence-corrected chi connectivity index (χ3v) is 4.28. The van der Waals surface area contributed by atoms with E-state index in [4.69, 9.17) is 9.15 Å². The van der Waals surface area contributed by atoms with E-state index in [-0.39, 0.29) is 5.63 Å². The smallest absolute Gasteiger partial charge is 0.336 e. The van der Waals surface area contributed by atoms with Crippen molar-refractivity contribution in [2.24, 2.45) is 0 Å². The third-order valence-electron chi connectivity index (χ3n) is 4.28. The van der Waals surface area contributed by atoms with Gasteiger partial charge in [0.15, 0.2) is 0 Å². The molecule has 0 bridgehead atoms. The van der Waals surface area contributed by atoms with E-state index in [1.54, 1.807) is 19.2 Å². The molecule has 4 nitrogen and oxygen atoms in total. The van der Waals surface area contributed by atoms with Crippen LogP contribution >= 0.6 is 0 Å². The summed E-state index contributed by atoms with van der Waals surface area (Å²) in [6.07, 6.45) is 0. The molecule has 0 aliphatic heterocycles. The number of quaternary nitrogens is 1. The van der Waals surface area contributed by atoms with Gasteiger partial charge in [0.05, 0.1) is 14.2 Å². The first kappa shape index (κ1) is 16.3. The molecule has 0 aliphatic rings. The molecule has 24 heavy (non-hydrogen) atoms. The summed E-state index contributed by atoms with van der Waals surface area (Å²) in [5.74, 6) is 0.684. The maximum Gasteiger partial charge on any atom is 0.336 e. The van der Waals surface area contributed by atoms with Crippen LogP contribution in [0.5, 0.6) is 5.75 Å². The molecule has 1 N–H and O–H groups in total. The Labute approximate surface area is 141 Å². The summed E-state index contributed by atoms with van der Waals surface area (Å²) in [7, 11) is 3.74. The van der Waals surface area contributed by atoms with E-state index in [2.05, 4.69) is 38.2 Å². The SMILES string of the molecule is COc1ccc2c(C[NH+](C)Cc3ccccc3C)cc(=O)oc2c1. The Morgan fingerprint density at radius 1 is 1.04 bits per heavy atom. The highest BCUT2D eigenvalue weighted by atomic mass is 16.5. The number of hydrogen-bond donors (Lipinski definition) is 1. The summed E-state index contributed by atoms with van der Waals surface area (Å²) in [5.41, 5.74) is 3.85. The van der Waals surface area contributed by atoms with Crippen LogP contribution in [0.2, 0.25) is 0 Å². The van der Waals surface area contributed by atoms with Gasteiger partial charge in [-0.3, -0.25) is 0 Å². The molecule has 0 radical (unpaired) electrons. The van der Waals surface area contributed by atoms with E-state index in [1.165, 1.54) is 16.0 Å². The molecular weight excluding hydrogens is 302 g/mol. The molecule has 0 spiro atoms. The van der Waals surface area contributed by atoms with Crippen molar-refractivity contribution in [2.45, 2.75) is 20.0 Å². The van der Waals surface area contributed by atoms with Crippen LogP contribution in [0, 0.1) is 6.92 Å². The van der Waals surface area contributed by atoms with Crippen molar-refractivity contribution in [2.75, 3.05) is 14.2 Å². The van der Waals surface area contributed by atoms with Crippen molar-refractivity contribution in [3.63, 3.8) is 0 Å². The Kier molecular flexibility index (Phi) is 4.67. The van der Waals surface area contributed by atoms with Crippen LogP contribution in [-0.2, 0) is 13.1 Å². The Morgan fingerprint density at radius 2 is 1.79 bits per heavy atom. The Hall–Kier alpha value is -2.59. The van der Waals surface area contributed by atoms with Gasteiger partial charge in [-0.2, -0.15) is 0 Å². The molecule has 0 saturated heterocycles. The van der Waals surface area contributed by atoms with Crippen molar-refractivity contribution in [1.29, 1.82) is 0 Å². The fourth-order valence-corrected chi connectivity index (χ4v) is 3.00. The van der Waals surface area contributed by atoms with Crippen molar-refractivity contribution >= 4 is 11.0 Å². The van der Waals surface area contributed by atoms with Crippen LogP contribution in [0.1, 0.15) is 16.7 Å². The number of methoxy groups -OCH3 is 1. The molecule has 124 valence electrons. The lowest BCUT2D eigenvalue weighted by Crippen LogP contribution is -3.06. The minimum absolute atomic E-state index is 0.325. The number of aryl methyl sites for hydroxylation is 1. The maximum absolute atomic E-state index is 11.9. The summed E-state index contributed by atoms with van der Waals surface area (Å²) in [6.45, 7) is 3.79. The molecule has 3 rings (SSSR count). The highest BCUT2D eigenvalue weighted by Crippen LogP contribution is 2.22. The van der Waals surface area contributed by atoms with E-state index in [0.717, 1.165) is 24.0 Å². The van der Waals surface area contributed by atoms with Crippen molar-refractivity contribution in [3.8, 4) is 5.75 Å². The second-order valence-electron chi connectivity index (χ2n) is 6.19. The van der Waals surface area contributed by atoms with Crippen LogP contribution < -0.4 is 15.3 Å². The molecule has 1 atom stereocenters. The fourth-order valence-electron chi connectivity index (χ4n) is 3.00. The molecule has 1 aromatic heterocycles. The average Bonchev–Trinajstić information content (AvgIpc) is 2.56. The number of nitrogens with one attached hydrogen (secondary N) is 1. The highest BCUT2D eigenvalue weighted by Gasteiger charge is 2.12. The normalized spacial score (nSPS) is 12.3. The van der Waals surface area contributed by atoms with Crippen LogP contribution in [0.15, 0.2) is 57.7 Å². The summed E-state index contributed by atoms with van der Waals surface area (Å²) in [6, 6.07) is 15.6. The first-order valence-corrected chi connectivity index (χ1v) is 8.03. The lowest BCUT2D eigenvalue weighted by molar-refractivity contribution is -0.907. The molecule has 2 aromatic carbocycles. The molecule has 1 heterocycles. The zero-order valence-corrected chi connectivity index (χ0v) is 14.3. The van der Waals surface area contributed by atoms with Crippen LogP contribution in [-0.4, -0.2) is 14.2 Å². The number of rotatable bonds is 5. The van der Waals surface area contributed by atoms with Gasteiger partial charge >= 0.3 is 5.63 Å². The Morgan fingerprint density at radius 3 is 2.54 bits per heavy atom. The molecule has 1 unspecified atom stereocenters. The van der Waals surface area contributed by atoms with Crippen LogP contribution in [0.3, 0.4) is 0 Å². The third kappa shape index (κ3) is 3.49. The van der Waals surface area contributed by atoms with Crippen molar-refractivity contribution in [3.05, 3.63) is 75.6 Å². The predicted octanol–water partition coefficient (Wildman–Crippen LogP) is 2.32. The highest BCUT2D eigenvalue weighted by molar-refractivity contribution is 5.81. The largest absolute Gasteiger partial charge is 0.497 e. The first-order chi connectivity index (χ1) is 11.6. The van der Waals surface area contributed by atoms with Crippen LogP contribution in [0.25, 0.3) is 11.0 Å². The van der Waals surface area contributed by atoms with E-state index in [9.17, 15) is 4.79 Å². The molecule has 0 amide bonds. The van der Waals surface area contributed by atoms with Gasteiger partial charge in [-0.15, -0.1) is 0 Å². The second-order valence-corrected chi connectivity index (χ2v) is 6.19. The molecule has 3 aromatic rings. The monoisotopic (exact) mass is 324 g/mol. The average molecular weight is 324 g/mol. The van der Waals surface area contributed by atoms with Gasteiger partial charge in [0.1, 0.15) is 24.4 Å². The van der Waals surface area contributed by atoms with Crippen LogP contribution in [0.4, 0.5) is 0 Å². The van der Waals surface area contributed by atoms with E-state index >= 15 is 0 Å². The first-order valence-electron chi connectivity index (χ1n) is 8.03. The minimum atomic E-state index is -0.325. The molecule has 0 saturated carbocycles. The zero-order valence-electron chi connectivity index (χ0n) is 14.3. The van der Waals surface area contributed by atoms with Gasteiger partial charge < -0.3 is 14.1 Å². The lowest BCUT2D eigenvalue weighted by atomic mass is 10.1. The molecule has 0 fully saturated rings. The van der Waals surface area contributed by atoms with Gasteiger partial charge in [-0.25, -0.2) is 4.79 Å². The summed E-state index contributed by atoms with van der Waals surface area (Å²) >= 11 is 0. The topological polar surface area (TPSA) is 43.9 Å². The Balaban J connectivity index is 1.89. The summed E-state index contributed by atoms with van der Waals surface area (Å²) in [4.78, 5) is 13.2. The van der Waals surface area contributed by atoms with Gasteiger partial charge in [0.25, 0.3) is 0 Å². The Bertz CT molecular complexity index is 914. The van der Waals surface area contributed by atoms with E-state index in [0.29, 0.717) is 11.3 Å². The van der Waals surface area contributed by atoms with Gasteiger partial charge in [-0.05, 0) is 24.6 Å². The quantitative estimate of drug-likeness (QED) is 0.733. The summed E-state index contributed by atoms with van der Waals surface area (Å²) in [5, 5.41) is 0.958. The lowest BCUT2D eigenvalue weighted by Gasteiger charge is -2.16. The molecule has 4 heteroatoms. The van der Waals surface area contributed by atoms with Crippen molar-refractivity contribution < 1.29 is 14.1 Å².